The van der Waals surface area contributed by atoms with E-state index in [-0.39, 0.29) is 5.95 Å². The number of imidazole rings is 1. The van der Waals surface area contributed by atoms with Crippen molar-refractivity contribution in [3.63, 3.8) is 0 Å². The van der Waals surface area contributed by atoms with Crippen molar-refractivity contribution < 1.29 is 0 Å². The highest BCUT2D eigenvalue weighted by atomic mass is 15.4. The Hall–Kier alpha value is -3.31. The number of para-hydroxylation sites is 2. The summed E-state index contributed by atoms with van der Waals surface area (Å²) < 4.78 is 3.84. The second kappa shape index (κ2) is 4.91. The predicted molar refractivity (Wildman–Crippen MR) is 82.8 cm³/mol. The highest BCUT2D eigenvalue weighted by Crippen LogP contribution is 2.25. The summed E-state index contributed by atoms with van der Waals surface area (Å²) in [5.74, 6) is 0.910. The van der Waals surface area contributed by atoms with Gasteiger partial charge >= 0.3 is 0 Å². The number of nitrogens with zero attached hydrogens (tertiary/aromatic N) is 7. The van der Waals surface area contributed by atoms with Crippen LogP contribution in [0.25, 0.3) is 27.3 Å². The van der Waals surface area contributed by atoms with Gasteiger partial charge in [-0.15, -0.1) is 10.2 Å². The molecule has 0 spiro atoms. The van der Waals surface area contributed by atoms with Gasteiger partial charge < -0.3 is 4.57 Å². The van der Waals surface area contributed by atoms with E-state index in [0.29, 0.717) is 12.3 Å². The van der Waals surface area contributed by atoms with E-state index in [1.807, 2.05) is 42.5 Å². The largest absolute Gasteiger partial charge is 0.304 e. The van der Waals surface area contributed by atoms with Crippen LogP contribution in [0.1, 0.15) is 5.56 Å². The van der Waals surface area contributed by atoms with Crippen molar-refractivity contribution in [1.29, 1.82) is 0 Å². The molecule has 7 nitrogen and oxygen atoms in total. The SMILES string of the molecule is [N-]=[N+]=Nc1nnc2n(Cc3ccccc3)c3ccccc3n12. The molecule has 0 aliphatic rings. The lowest BCUT2D eigenvalue weighted by atomic mass is 10.2. The van der Waals surface area contributed by atoms with Crippen molar-refractivity contribution in [2.24, 2.45) is 5.11 Å². The summed E-state index contributed by atoms with van der Waals surface area (Å²) in [6.07, 6.45) is 0. The van der Waals surface area contributed by atoms with Gasteiger partial charge in [0.2, 0.25) is 11.7 Å². The van der Waals surface area contributed by atoms with E-state index >= 15 is 0 Å². The summed E-state index contributed by atoms with van der Waals surface area (Å²) in [5, 5.41) is 11.8. The van der Waals surface area contributed by atoms with Crippen molar-refractivity contribution in [2.75, 3.05) is 0 Å². The molecular weight excluding hydrogens is 278 g/mol. The second-order valence-electron chi connectivity index (χ2n) is 4.89. The molecule has 0 fully saturated rings. The van der Waals surface area contributed by atoms with Crippen LogP contribution in [0.5, 0.6) is 0 Å². The normalized spacial score (nSPS) is 10.9. The van der Waals surface area contributed by atoms with E-state index < -0.39 is 0 Å². The topological polar surface area (TPSA) is 83.9 Å². The number of azide groups is 1. The van der Waals surface area contributed by atoms with E-state index in [0.717, 1.165) is 11.0 Å². The van der Waals surface area contributed by atoms with Gasteiger partial charge in [0.1, 0.15) is 0 Å². The number of rotatable bonds is 3. The molecule has 0 aliphatic carbocycles. The Morgan fingerprint density at radius 2 is 1.68 bits per heavy atom. The molecule has 0 N–H and O–H groups in total. The fourth-order valence-corrected chi connectivity index (χ4v) is 2.67. The molecule has 106 valence electrons. The van der Waals surface area contributed by atoms with E-state index in [4.69, 9.17) is 5.53 Å². The van der Waals surface area contributed by atoms with Gasteiger partial charge in [-0.1, -0.05) is 42.5 Å². The fourth-order valence-electron chi connectivity index (χ4n) is 2.67. The van der Waals surface area contributed by atoms with Crippen LogP contribution in [0.3, 0.4) is 0 Å². The van der Waals surface area contributed by atoms with Crippen LogP contribution in [0.4, 0.5) is 5.95 Å². The third-order valence-corrected chi connectivity index (χ3v) is 3.60. The van der Waals surface area contributed by atoms with Gasteiger partial charge in [-0.25, -0.2) is 0 Å². The summed E-state index contributed by atoms with van der Waals surface area (Å²) in [6.45, 7) is 0.673. The van der Waals surface area contributed by atoms with E-state index in [9.17, 15) is 0 Å². The molecule has 0 atom stereocenters. The third kappa shape index (κ3) is 1.81. The lowest BCUT2D eigenvalue weighted by Gasteiger charge is -2.04. The maximum Gasteiger partial charge on any atom is 0.237 e. The summed E-state index contributed by atoms with van der Waals surface area (Å²) >= 11 is 0. The zero-order chi connectivity index (χ0) is 14.9. The number of aromatic nitrogens is 4. The second-order valence-corrected chi connectivity index (χ2v) is 4.89. The molecule has 0 saturated carbocycles. The maximum atomic E-state index is 8.68. The third-order valence-electron chi connectivity index (χ3n) is 3.60. The quantitative estimate of drug-likeness (QED) is 0.327. The summed E-state index contributed by atoms with van der Waals surface area (Å²) in [7, 11) is 0. The van der Waals surface area contributed by atoms with Crippen molar-refractivity contribution in [1.82, 2.24) is 19.2 Å². The van der Waals surface area contributed by atoms with Crippen LogP contribution in [0.2, 0.25) is 0 Å². The molecule has 22 heavy (non-hydrogen) atoms. The summed E-state index contributed by atoms with van der Waals surface area (Å²) in [4.78, 5) is 2.82. The minimum absolute atomic E-state index is 0.250. The molecule has 0 unspecified atom stereocenters. The minimum atomic E-state index is 0.250. The van der Waals surface area contributed by atoms with Gasteiger partial charge in [0.15, 0.2) is 0 Å². The Labute approximate surface area is 125 Å². The van der Waals surface area contributed by atoms with Gasteiger partial charge in [0.05, 0.1) is 17.6 Å². The Kier molecular flexibility index (Phi) is 2.77. The molecule has 7 heteroatoms. The maximum absolute atomic E-state index is 8.68. The Bertz CT molecular complexity index is 1010. The zero-order valence-electron chi connectivity index (χ0n) is 11.5. The first kappa shape index (κ1) is 12.4. The lowest BCUT2D eigenvalue weighted by Crippen LogP contribution is -2.00. The van der Waals surface area contributed by atoms with E-state index in [1.54, 1.807) is 4.40 Å². The molecule has 0 radical (unpaired) electrons. The van der Waals surface area contributed by atoms with Crippen molar-refractivity contribution in [2.45, 2.75) is 6.54 Å². The van der Waals surface area contributed by atoms with E-state index in [2.05, 4.69) is 36.9 Å². The molecule has 4 rings (SSSR count). The monoisotopic (exact) mass is 289 g/mol. The van der Waals surface area contributed by atoms with Gasteiger partial charge in [-0.2, -0.15) is 0 Å². The van der Waals surface area contributed by atoms with Crippen LogP contribution in [-0.4, -0.2) is 19.2 Å². The molecular formula is C15H11N7. The number of benzene rings is 2. The molecule has 2 aromatic heterocycles. The van der Waals surface area contributed by atoms with Gasteiger partial charge in [-0.3, -0.25) is 4.40 Å². The van der Waals surface area contributed by atoms with Crippen molar-refractivity contribution >= 4 is 22.8 Å². The number of hydrogen-bond acceptors (Lipinski definition) is 3. The van der Waals surface area contributed by atoms with Crippen LogP contribution >= 0.6 is 0 Å². The lowest BCUT2D eigenvalue weighted by molar-refractivity contribution is 0.839. The summed E-state index contributed by atoms with van der Waals surface area (Å²) in [5.41, 5.74) is 11.8. The highest BCUT2D eigenvalue weighted by Gasteiger charge is 2.15. The molecule has 2 aromatic carbocycles. The average Bonchev–Trinajstić information content (AvgIpc) is 3.10. The molecule has 0 saturated heterocycles. The van der Waals surface area contributed by atoms with Crippen LogP contribution in [-0.2, 0) is 6.54 Å². The van der Waals surface area contributed by atoms with Gasteiger partial charge in [-0.05, 0) is 28.3 Å². The smallest absolute Gasteiger partial charge is 0.237 e. The summed E-state index contributed by atoms with van der Waals surface area (Å²) in [6, 6.07) is 18.0. The molecule has 2 heterocycles. The number of hydrogen-bond donors (Lipinski definition) is 0. The van der Waals surface area contributed by atoms with Crippen LogP contribution in [0.15, 0.2) is 59.7 Å². The van der Waals surface area contributed by atoms with Crippen molar-refractivity contribution in [3.05, 3.63) is 70.6 Å². The van der Waals surface area contributed by atoms with Crippen LogP contribution in [0, 0.1) is 0 Å². The molecule has 0 amide bonds. The Balaban J connectivity index is 2.01. The molecule has 0 bridgehead atoms. The molecule has 4 aromatic rings. The Morgan fingerprint density at radius 3 is 2.45 bits per heavy atom. The highest BCUT2D eigenvalue weighted by molar-refractivity contribution is 5.82. The Morgan fingerprint density at radius 1 is 0.955 bits per heavy atom. The minimum Gasteiger partial charge on any atom is -0.304 e. The first-order valence-electron chi connectivity index (χ1n) is 6.80. The standard InChI is InChI=1S/C15H11N7/c16-20-18-14-17-19-15-21(10-11-6-2-1-3-7-11)12-8-4-5-9-13(12)22(14)15/h1-9H,10H2. The average molecular weight is 289 g/mol. The van der Waals surface area contributed by atoms with Crippen LogP contribution < -0.4 is 0 Å². The van der Waals surface area contributed by atoms with Gasteiger partial charge in [0.25, 0.3) is 0 Å². The first-order valence-corrected chi connectivity index (χ1v) is 6.80. The zero-order valence-corrected chi connectivity index (χ0v) is 11.5. The fraction of sp³-hybridized carbons (Fsp3) is 0.0667. The first-order chi connectivity index (χ1) is 10.9. The molecule has 0 aliphatic heterocycles. The van der Waals surface area contributed by atoms with E-state index in [1.165, 1.54) is 5.56 Å². The number of fused-ring (bicyclic) bond motifs is 3. The predicted octanol–water partition coefficient (Wildman–Crippen LogP) is 3.67. The van der Waals surface area contributed by atoms with Crippen molar-refractivity contribution in [3.8, 4) is 0 Å². The van der Waals surface area contributed by atoms with Gasteiger partial charge in [0, 0.05) is 4.91 Å².